The zero-order valence-corrected chi connectivity index (χ0v) is 22.5. The van der Waals surface area contributed by atoms with Crippen LogP contribution in [0.4, 0.5) is 18.9 Å². The van der Waals surface area contributed by atoms with E-state index in [9.17, 15) is 13.2 Å². The van der Waals surface area contributed by atoms with Gasteiger partial charge in [0.05, 0.1) is 17.2 Å². The van der Waals surface area contributed by atoms with Crippen LogP contribution >= 0.6 is 11.8 Å². The lowest BCUT2D eigenvalue weighted by molar-refractivity contribution is -0.274. The maximum Gasteiger partial charge on any atom is 0.573 e. The third-order valence-electron chi connectivity index (χ3n) is 6.74. The van der Waals surface area contributed by atoms with Crippen LogP contribution in [0.3, 0.4) is 0 Å². The summed E-state index contributed by atoms with van der Waals surface area (Å²) in [6.45, 7) is 5.13. The number of nitrogens with zero attached hydrogens (tertiary/aromatic N) is 5. The van der Waals surface area contributed by atoms with Gasteiger partial charge in [0.2, 0.25) is 0 Å². The second-order valence-electron chi connectivity index (χ2n) is 9.44. The average molecular weight is 560 g/mol. The summed E-state index contributed by atoms with van der Waals surface area (Å²) in [5.41, 5.74) is 6.86. The van der Waals surface area contributed by atoms with Crippen molar-refractivity contribution in [2.45, 2.75) is 20.2 Å². The summed E-state index contributed by atoms with van der Waals surface area (Å²) in [5.74, 6) is 0.696. The molecule has 0 aliphatic carbocycles. The molecule has 202 valence electrons. The molecule has 0 unspecified atom stereocenters. The van der Waals surface area contributed by atoms with E-state index >= 15 is 0 Å². The molecule has 0 saturated carbocycles. The molecule has 0 amide bonds. The van der Waals surface area contributed by atoms with E-state index in [2.05, 4.69) is 56.9 Å². The minimum Gasteiger partial charge on any atom is -0.406 e. The van der Waals surface area contributed by atoms with Gasteiger partial charge in [-0.15, -0.1) is 18.3 Å². The number of imidazole rings is 1. The number of thioether (sulfide) groups is 1. The Labute approximate surface area is 232 Å². The summed E-state index contributed by atoms with van der Waals surface area (Å²) < 4.78 is 43.3. The second kappa shape index (κ2) is 10.3. The highest BCUT2D eigenvalue weighted by molar-refractivity contribution is 8.14. The van der Waals surface area contributed by atoms with Gasteiger partial charge in [0.25, 0.3) is 0 Å². The van der Waals surface area contributed by atoms with Gasteiger partial charge in [-0.1, -0.05) is 48.2 Å². The Morgan fingerprint density at radius 1 is 0.975 bits per heavy atom. The van der Waals surface area contributed by atoms with Crippen LogP contribution in [-0.4, -0.2) is 39.6 Å². The predicted molar refractivity (Wildman–Crippen MR) is 156 cm³/mol. The van der Waals surface area contributed by atoms with Gasteiger partial charge < -0.3 is 9.64 Å². The van der Waals surface area contributed by atoms with Gasteiger partial charge in [-0.2, -0.15) is 5.10 Å². The Morgan fingerprint density at radius 2 is 1.75 bits per heavy atom. The number of aryl methyl sites for hydroxylation is 2. The van der Waals surface area contributed by atoms with E-state index < -0.39 is 6.36 Å². The van der Waals surface area contributed by atoms with Crippen molar-refractivity contribution in [1.29, 1.82) is 0 Å². The van der Waals surface area contributed by atoms with Gasteiger partial charge in [0.1, 0.15) is 12.1 Å². The largest absolute Gasteiger partial charge is 0.573 e. The van der Waals surface area contributed by atoms with Gasteiger partial charge in [-0.25, -0.2) is 4.98 Å². The fraction of sp³-hybridized carbons (Fsp3) is 0.167. The van der Waals surface area contributed by atoms with Crippen molar-refractivity contribution in [3.63, 3.8) is 0 Å². The number of para-hydroxylation sites is 1. The van der Waals surface area contributed by atoms with Crippen LogP contribution in [0.15, 0.2) is 89.3 Å². The molecule has 10 heteroatoms. The number of anilines is 1. The first-order valence-electron chi connectivity index (χ1n) is 12.6. The molecule has 0 atom stereocenters. The van der Waals surface area contributed by atoms with Crippen molar-refractivity contribution in [3.05, 3.63) is 95.8 Å². The van der Waals surface area contributed by atoms with Crippen molar-refractivity contribution in [2.75, 3.05) is 17.2 Å². The zero-order valence-electron chi connectivity index (χ0n) is 21.7. The van der Waals surface area contributed by atoms with Crippen LogP contribution < -0.4 is 9.64 Å². The molecule has 1 fully saturated rings. The Hall–Kier alpha value is -4.31. The number of benzene rings is 4. The van der Waals surface area contributed by atoms with Gasteiger partial charge >= 0.3 is 6.36 Å². The maximum absolute atomic E-state index is 12.5. The first kappa shape index (κ1) is 25.9. The lowest BCUT2D eigenvalue weighted by Gasteiger charge is -2.21. The average Bonchev–Trinajstić information content (AvgIpc) is 3.56. The minimum absolute atomic E-state index is 0.269. The topological polar surface area (TPSA) is 55.0 Å². The number of fused-ring (bicyclic) bond motifs is 3. The quantitative estimate of drug-likeness (QED) is 0.164. The van der Waals surface area contributed by atoms with Gasteiger partial charge in [0, 0.05) is 29.1 Å². The predicted octanol–water partition coefficient (Wildman–Crippen LogP) is 7.64. The molecule has 6 nitrogen and oxygen atoms in total. The van der Waals surface area contributed by atoms with Crippen LogP contribution in [0.25, 0.3) is 27.5 Å². The Kier molecular flexibility index (Phi) is 6.71. The fourth-order valence-electron chi connectivity index (χ4n) is 4.99. The van der Waals surface area contributed by atoms with Crippen molar-refractivity contribution >= 4 is 50.6 Å². The normalized spacial score (nSPS) is 15.2. The van der Waals surface area contributed by atoms with Crippen LogP contribution in [0.5, 0.6) is 5.75 Å². The van der Waals surface area contributed by atoms with E-state index in [1.54, 1.807) is 36.4 Å². The molecule has 0 radical (unpaired) electrons. The number of ether oxygens (including phenoxy) is 1. The summed E-state index contributed by atoms with van der Waals surface area (Å²) in [7, 11) is 0. The summed E-state index contributed by atoms with van der Waals surface area (Å²) in [4.78, 5) is 6.82. The smallest absolute Gasteiger partial charge is 0.406 e. The van der Waals surface area contributed by atoms with E-state index in [0.29, 0.717) is 5.69 Å². The Morgan fingerprint density at radius 3 is 2.50 bits per heavy atom. The van der Waals surface area contributed by atoms with E-state index in [0.717, 1.165) is 44.8 Å². The van der Waals surface area contributed by atoms with Crippen molar-refractivity contribution in [2.24, 2.45) is 10.2 Å². The third kappa shape index (κ3) is 5.14. The summed E-state index contributed by atoms with van der Waals surface area (Å²) in [6, 6.07) is 22.0. The molecule has 1 aliphatic rings. The Balaban J connectivity index is 1.25. The standard InChI is InChI=1S/C30H24F3N5OS/c1-19-4-3-5-20(2)28(19)37-14-15-40-29(37)36-35-17-21-6-12-25-22(16-21)7-13-26-27(25)34-18-38(26)23-8-10-24(11-9-23)39-30(31,32)33/h3-13,16-18H,14-15H2,1-2H3/b35-17+,36-29-. The molecule has 0 bridgehead atoms. The molecule has 5 aromatic rings. The van der Waals surface area contributed by atoms with Crippen LogP contribution in [-0.2, 0) is 0 Å². The fourth-order valence-corrected chi connectivity index (χ4v) is 5.89. The van der Waals surface area contributed by atoms with E-state index in [4.69, 9.17) is 0 Å². The number of aromatic nitrogens is 2. The summed E-state index contributed by atoms with van der Waals surface area (Å²) in [5, 5.41) is 11.8. The van der Waals surface area contributed by atoms with Gasteiger partial charge in [-0.3, -0.25) is 4.57 Å². The van der Waals surface area contributed by atoms with Crippen molar-refractivity contribution < 1.29 is 17.9 Å². The minimum atomic E-state index is -4.73. The van der Waals surface area contributed by atoms with Crippen molar-refractivity contribution in [3.8, 4) is 11.4 Å². The molecule has 1 saturated heterocycles. The highest BCUT2D eigenvalue weighted by atomic mass is 32.2. The van der Waals surface area contributed by atoms with Gasteiger partial charge in [-0.05, 0) is 72.3 Å². The number of hydrogen-bond acceptors (Lipinski definition) is 5. The number of halogens is 3. The van der Waals surface area contributed by atoms with E-state index in [1.807, 2.05) is 34.9 Å². The van der Waals surface area contributed by atoms with Crippen molar-refractivity contribution in [1.82, 2.24) is 9.55 Å². The third-order valence-corrected chi connectivity index (χ3v) is 7.69. The van der Waals surface area contributed by atoms with Crippen LogP contribution in [0, 0.1) is 13.8 Å². The van der Waals surface area contributed by atoms with Gasteiger partial charge in [0.15, 0.2) is 5.17 Å². The maximum atomic E-state index is 12.5. The van der Waals surface area contributed by atoms with E-state index in [1.165, 1.54) is 28.9 Å². The SMILES string of the molecule is Cc1cccc(C)c1N1CCS/C1=N\N=C\c1ccc2c(ccc3c2ncn3-c2ccc(OC(F)(F)F)cc2)c1. The summed E-state index contributed by atoms with van der Waals surface area (Å²) in [6.07, 6.45) is -1.31. The lowest BCUT2D eigenvalue weighted by atomic mass is 10.1. The second-order valence-corrected chi connectivity index (χ2v) is 10.5. The number of hydrogen-bond donors (Lipinski definition) is 0. The summed E-state index contributed by atoms with van der Waals surface area (Å²) >= 11 is 1.70. The zero-order chi connectivity index (χ0) is 27.9. The number of amidine groups is 1. The molecule has 0 spiro atoms. The molecular formula is C30H24F3N5OS. The highest BCUT2D eigenvalue weighted by Gasteiger charge is 2.31. The highest BCUT2D eigenvalue weighted by Crippen LogP contribution is 2.32. The molecular weight excluding hydrogens is 535 g/mol. The molecule has 40 heavy (non-hydrogen) atoms. The number of alkyl halides is 3. The number of rotatable bonds is 5. The molecule has 6 rings (SSSR count). The molecule has 1 aromatic heterocycles. The first-order chi connectivity index (χ1) is 19.3. The molecule has 2 heterocycles. The molecule has 4 aromatic carbocycles. The monoisotopic (exact) mass is 559 g/mol. The first-order valence-corrected chi connectivity index (χ1v) is 13.6. The van der Waals surface area contributed by atoms with Crippen LogP contribution in [0.2, 0.25) is 0 Å². The molecule has 0 N–H and O–H groups in total. The Bertz CT molecular complexity index is 1760. The molecule has 1 aliphatic heterocycles. The van der Waals surface area contributed by atoms with E-state index in [-0.39, 0.29) is 5.75 Å². The van der Waals surface area contributed by atoms with Crippen LogP contribution in [0.1, 0.15) is 16.7 Å². The lowest BCUT2D eigenvalue weighted by Crippen LogP contribution is -2.25.